The minimum atomic E-state index is -2.99. The minimum absolute atomic E-state index is 0.0356. The molecule has 0 radical (unpaired) electrons. The summed E-state index contributed by atoms with van der Waals surface area (Å²) in [6.45, 7) is 0. The van der Waals surface area contributed by atoms with Crippen LogP contribution in [0.25, 0.3) is 0 Å². The van der Waals surface area contributed by atoms with Crippen LogP contribution < -0.4 is 20.1 Å². The fraction of sp³-hybridized carbons (Fsp3) is 0.300. The highest BCUT2D eigenvalue weighted by Gasteiger charge is 2.42. The van der Waals surface area contributed by atoms with Gasteiger partial charge in [-0.2, -0.15) is 0 Å². The number of anilines is 2. The number of hydrogen-bond donors (Lipinski definition) is 2. The van der Waals surface area contributed by atoms with Crippen molar-refractivity contribution in [3.8, 4) is 11.5 Å². The SMILES string of the molecule is COc1ccc(NC(=O)c2cccc(NC3=N[C@@H]4CS(=O)(=O)C[C@@H]4S3)c2)c(OC)c1. The summed E-state index contributed by atoms with van der Waals surface area (Å²) in [4.78, 5) is 17.2. The lowest BCUT2D eigenvalue weighted by Crippen LogP contribution is -2.14. The Morgan fingerprint density at radius 2 is 1.97 bits per heavy atom. The van der Waals surface area contributed by atoms with Crippen molar-refractivity contribution >= 4 is 44.0 Å². The van der Waals surface area contributed by atoms with Gasteiger partial charge in [0, 0.05) is 22.6 Å². The lowest BCUT2D eigenvalue weighted by Gasteiger charge is -2.12. The van der Waals surface area contributed by atoms with Crippen LogP contribution >= 0.6 is 11.8 Å². The van der Waals surface area contributed by atoms with E-state index in [0.717, 1.165) is 0 Å². The maximum absolute atomic E-state index is 12.7. The smallest absolute Gasteiger partial charge is 0.255 e. The van der Waals surface area contributed by atoms with E-state index in [4.69, 9.17) is 9.47 Å². The molecule has 0 aliphatic carbocycles. The van der Waals surface area contributed by atoms with Gasteiger partial charge in [0.1, 0.15) is 11.5 Å². The van der Waals surface area contributed by atoms with Crippen molar-refractivity contribution in [2.24, 2.45) is 4.99 Å². The van der Waals surface area contributed by atoms with Gasteiger partial charge in [-0.3, -0.25) is 9.79 Å². The van der Waals surface area contributed by atoms with Crippen molar-refractivity contribution in [2.45, 2.75) is 11.3 Å². The standard InChI is InChI=1S/C20H21N3O5S2/c1-27-14-6-7-15(17(9-14)28-2)22-19(24)12-4-3-5-13(8-12)21-20-23-16-10-30(25,26)11-18(16)29-20/h3-9,16,18H,10-11H2,1-2H3,(H,21,23)(H,22,24)/t16-,18+/m1/s1. The molecule has 2 aromatic carbocycles. The quantitative estimate of drug-likeness (QED) is 0.726. The topological polar surface area (TPSA) is 106 Å². The second kappa shape index (κ2) is 8.19. The van der Waals surface area contributed by atoms with E-state index in [9.17, 15) is 13.2 Å². The Morgan fingerprint density at radius 1 is 1.13 bits per heavy atom. The maximum atomic E-state index is 12.7. The van der Waals surface area contributed by atoms with Gasteiger partial charge in [0.2, 0.25) is 0 Å². The van der Waals surface area contributed by atoms with E-state index >= 15 is 0 Å². The lowest BCUT2D eigenvalue weighted by atomic mass is 10.1. The predicted octanol–water partition coefficient (Wildman–Crippen LogP) is 2.64. The van der Waals surface area contributed by atoms with Crippen LogP contribution in [0.2, 0.25) is 0 Å². The molecular formula is C20H21N3O5S2. The molecule has 4 rings (SSSR count). The summed E-state index contributed by atoms with van der Waals surface area (Å²) < 4.78 is 33.9. The van der Waals surface area contributed by atoms with Crippen molar-refractivity contribution < 1.29 is 22.7 Å². The Balaban J connectivity index is 1.46. The zero-order valence-electron chi connectivity index (χ0n) is 16.4. The number of sulfone groups is 1. The van der Waals surface area contributed by atoms with E-state index in [1.165, 1.54) is 18.9 Å². The molecule has 2 aromatic rings. The number of hydrogen-bond acceptors (Lipinski definition) is 8. The van der Waals surface area contributed by atoms with Crippen LogP contribution in [-0.4, -0.2) is 56.5 Å². The second-order valence-electron chi connectivity index (χ2n) is 6.96. The second-order valence-corrected chi connectivity index (χ2v) is 10.3. The van der Waals surface area contributed by atoms with Gasteiger partial charge < -0.3 is 20.1 Å². The molecular weight excluding hydrogens is 426 g/mol. The zero-order chi connectivity index (χ0) is 21.3. The molecule has 1 fully saturated rings. The number of carbonyl (C=O) groups is 1. The summed E-state index contributed by atoms with van der Waals surface area (Å²) in [6, 6.07) is 12.0. The van der Waals surface area contributed by atoms with Crippen LogP contribution in [0.1, 0.15) is 10.4 Å². The van der Waals surface area contributed by atoms with Crippen molar-refractivity contribution in [1.82, 2.24) is 0 Å². The van der Waals surface area contributed by atoms with Gasteiger partial charge in [-0.1, -0.05) is 17.8 Å². The molecule has 0 saturated carbocycles. The van der Waals surface area contributed by atoms with Gasteiger partial charge in [0.25, 0.3) is 5.91 Å². The van der Waals surface area contributed by atoms with Gasteiger partial charge in [-0.05, 0) is 30.3 Å². The van der Waals surface area contributed by atoms with Crippen molar-refractivity contribution in [3.05, 3.63) is 48.0 Å². The number of aliphatic imine (C=N–C) groups is 1. The first-order valence-corrected chi connectivity index (χ1v) is 11.9. The van der Waals surface area contributed by atoms with E-state index in [-0.39, 0.29) is 28.7 Å². The average molecular weight is 448 g/mol. The number of fused-ring (bicyclic) bond motifs is 1. The van der Waals surface area contributed by atoms with Gasteiger partial charge in [-0.25, -0.2) is 8.42 Å². The minimum Gasteiger partial charge on any atom is -0.497 e. The van der Waals surface area contributed by atoms with Crippen molar-refractivity contribution in [3.63, 3.8) is 0 Å². The molecule has 0 bridgehead atoms. The highest BCUT2D eigenvalue weighted by atomic mass is 32.2. The molecule has 1 saturated heterocycles. The Bertz CT molecular complexity index is 1120. The molecule has 2 heterocycles. The highest BCUT2D eigenvalue weighted by Crippen LogP contribution is 2.35. The Hall–Kier alpha value is -2.72. The molecule has 8 nitrogen and oxygen atoms in total. The maximum Gasteiger partial charge on any atom is 0.255 e. The van der Waals surface area contributed by atoms with Crippen LogP contribution in [0.4, 0.5) is 11.4 Å². The highest BCUT2D eigenvalue weighted by molar-refractivity contribution is 8.15. The number of nitrogens with one attached hydrogen (secondary N) is 2. The first-order valence-electron chi connectivity index (χ1n) is 9.22. The molecule has 2 aliphatic rings. The number of amides is 1. The molecule has 158 valence electrons. The Labute approximate surface area is 179 Å². The summed E-state index contributed by atoms with van der Waals surface area (Å²) in [7, 11) is 0.0970. The Kier molecular flexibility index (Phi) is 5.61. The lowest BCUT2D eigenvalue weighted by molar-refractivity contribution is 0.102. The Morgan fingerprint density at radius 3 is 2.70 bits per heavy atom. The van der Waals surface area contributed by atoms with Crippen LogP contribution in [-0.2, 0) is 9.84 Å². The molecule has 2 aliphatic heterocycles. The number of benzene rings is 2. The number of amidine groups is 1. The zero-order valence-corrected chi connectivity index (χ0v) is 18.0. The number of carbonyl (C=O) groups excluding carboxylic acids is 1. The molecule has 30 heavy (non-hydrogen) atoms. The number of ether oxygens (including phenoxy) is 2. The summed E-state index contributed by atoms with van der Waals surface area (Å²) in [5, 5.41) is 6.67. The van der Waals surface area contributed by atoms with E-state index < -0.39 is 9.84 Å². The van der Waals surface area contributed by atoms with E-state index in [1.807, 2.05) is 6.07 Å². The molecule has 1 amide bonds. The third-order valence-corrected chi connectivity index (χ3v) is 7.99. The predicted molar refractivity (Wildman–Crippen MR) is 119 cm³/mol. The van der Waals surface area contributed by atoms with E-state index in [2.05, 4.69) is 15.6 Å². The number of thioether (sulfide) groups is 1. The normalized spacial score (nSPS) is 21.5. The van der Waals surface area contributed by atoms with Crippen LogP contribution in [0.5, 0.6) is 11.5 Å². The molecule has 2 atom stereocenters. The third kappa shape index (κ3) is 4.39. The average Bonchev–Trinajstić information content (AvgIpc) is 3.20. The molecule has 0 unspecified atom stereocenters. The largest absolute Gasteiger partial charge is 0.497 e. The molecule has 0 aromatic heterocycles. The number of methoxy groups -OCH3 is 2. The first-order chi connectivity index (χ1) is 14.4. The van der Waals surface area contributed by atoms with Crippen molar-refractivity contribution in [2.75, 3.05) is 36.4 Å². The number of nitrogens with zero attached hydrogens (tertiary/aromatic N) is 1. The third-order valence-electron chi connectivity index (χ3n) is 4.85. The van der Waals surface area contributed by atoms with E-state index in [1.54, 1.807) is 43.5 Å². The van der Waals surface area contributed by atoms with Gasteiger partial charge >= 0.3 is 0 Å². The van der Waals surface area contributed by atoms with Gasteiger partial charge in [-0.15, -0.1) is 0 Å². The summed E-state index contributed by atoms with van der Waals surface area (Å²) in [5.74, 6) is 1.09. The molecule has 10 heteroatoms. The fourth-order valence-corrected chi connectivity index (χ4v) is 7.05. The van der Waals surface area contributed by atoms with Crippen LogP contribution in [0, 0.1) is 0 Å². The summed E-state index contributed by atoms with van der Waals surface area (Å²) in [5.41, 5.74) is 1.70. The monoisotopic (exact) mass is 447 g/mol. The molecule has 2 N–H and O–H groups in total. The van der Waals surface area contributed by atoms with E-state index in [0.29, 0.717) is 33.6 Å². The van der Waals surface area contributed by atoms with Crippen molar-refractivity contribution in [1.29, 1.82) is 0 Å². The molecule has 0 spiro atoms. The fourth-order valence-electron chi connectivity index (χ4n) is 3.37. The van der Waals surface area contributed by atoms with Crippen LogP contribution in [0.15, 0.2) is 47.5 Å². The number of rotatable bonds is 5. The summed E-state index contributed by atoms with van der Waals surface area (Å²) >= 11 is 1.43. The van der Waals surface area contributed by atoms with Crippen LogP contribution in [0.3, 0.4) is 0 Å². The summed E-state index contributed by atoms with van der Waals surface area (Å²) in [6.07, 6.45) is 0. The van der Waals surface area contributed by atoms with Gasteiger partial charge in [0.05, 0.1) is 37.5 Å². The first kappa shape index (κ1) is 20.5. The van der Waals surface area contributed by atoms with Gasteiger partial charge in [0.15, 0.2) is 15.0 Å².